The summed E-state index contributed by atoms with van der Waals surface area (Å²) in [6.07, 6.45) is 1.21. The average Bonchev–Trinajstić information content (AvgIpc) is 3.04. The van der Waals surface area contributed by atoms with Gasteiger partial charge in [0, 0.05) is 6.08 Å². The van der Waals surface area contributed by atoms with Crippen LogP contribution in [0.25, 0.3) is 0 Å². The van der Waals surface area contributed by atoms with E-state index in [1.54, 1.807) is 31.2 Å². The van der Waals surface area contributed by atoms with Crippen LogP contribution >= 0.6 is 0 Å². The van der Waals surface area contributed by atoms with Gasteiger partial charge in [-0.25, -0.2) is 13.2 Å². The lowest BCUT2D eigenvalue weighted by atomic mass is 10.0. The number of rotatable bonds is 5. The molecule has 0 saturated carbocycles. The van der Waals surface area contributed by atoms with E-state index >= 15 is 0 Å². The normalized spacial score (nSPS) is 23.2. The van der Waals surface area contributed by atoms with E-state index in [2.05, 4.69) is 4.74 Å². The van der Waals surface area contributed by atoms with Gasteiger partial charge < -0.3 is 9.47 Å². The van der Waals surface area contributed by atoms with Gasteiger partial charge in [0.25, 0.3) is 0 Å². The molecule has 3 atom stereocenters. The van der Waals surface area contributed by atoms with E-state index in [0.29, 0.717) is 0 Å². The lowest BCUT2D eigenvalue weighted by molar-refractivity contribution is -0.134. The highest BCUT2D eigenvalue weighted by atomic mass is 32.2. The number of sulfonamides is 1. The maximum atomic E-state index is 13.4. The van der Waals surface area contributed by atoms with Gasteiger partial charge in [0.1, 0.15) is 12.3 Å². The van der Waals surface area contributed by atoms with Crippen LogP contribution in [0.4, 0.5) is 0 Å². The van der Waals surface area contributed by atoms with Crippen LogP contribution in [0.2, 0.25) is 0 Å². The zero-order chi connectivity index (χ0) is 20.3. The van der Waals surface area contributed by atoms with Crippen molar-refractivity contribution in [1.29, 1.82) is 0 Å². The summed E-state index contributed by atoms with van der Waals surface area (Å²) in [6.45, 7) is 3.70. The number of aryl methyl sites for hydroxylation is 1. The molecule has 1 fully saturated rings. The van der Waals surface area contributed by atoms with Crippen LogP contribution in [-0.4, -0.2) is 38.1 Å². The molecule has 1 aliphatic heterocycles. The molecule has 0 amide bonds. The third-order valence-corrected chi connectivity index (χ3v) is 6.66. The molecule has 0 bridgehead atoms. The van der Waals surface area contributed by atoms with Gasteiger partial charge in [0.05, 0.1) is 18.0 Å². The van der Waals surface area contributed by atoms with Crippen molar-refractivity contribution in [2.45, 2.75) is 37.1 Å². The highest BCUT2D eigenvalue weighted by molar-refractivity contribution is 7.89. The lowest BCUT2D eigenvalue weighted by Crippen LogP contribution is -2.40. The summed E-state index contributed by atoms with van der Waals surface area (Å²) in [4.78, 5) is 11.7. The lowest BCUT2D eigenvalue weighted by Gasteiger charge is -2.24. The fourth-order valence-corrected chi connectivity index (χ4v) is 4.90. The SMILES string of the molecule is COC(=O)/C=C/[C@@H]1O[C@H](c2ccccc2)[C@H](C)N1S(=O)(=O)c1ccc(C)cc1. The van der Waals surface area contributed by atoms with Crippen molar-refractivity contribution >= 4 is 16.0 Å². The van der Waals surface area contributed by atoms with Gasteiger partial charge in [-0.15, -0.1) is 0 Å². The summed E-state index contributed by atoms with van der Waals surface area (Å²) in [5.41, 5.74) is 1.84. The standard InChI is InChI=1S/C21H23NO5S/c1-15-9-11-18(12-10-15)28(24,25)22-16(2)21(17-7-5-4-6-8-17)27-19(22)13-14-20(23)26-3/h4-14,16,19,21H,1-3H3/b14-13+/t16-,19-,21-/m0/s1. The zero-order valence-electron chi connectivity index (χ0n) is 16.0. The molecule has 0 unspecified atom stereocenters. The van der Waals surface area contributed by atoms with E-state index in [1.807, 2.05) is 37.3 Å². The van der Waals surface area contributed by atoms with E-state index in [0.717, 1.165) is 11.1 Å². The van der Waals surface area contributed by atoms with E-state index in [-0.39, 0.29) is 4.90 Å². The minimum Gasteiger partial charge on any atom is -0.466 e. The van der Waals surface area contributed by atoms with Crippen molar-refractivity contribution in [3.8, 4) is 0 Å². The summed E-state index contributed by atoms with van der Waals surface area (Å²) in [7, 11) is -2.58. The second kappa shape index (κ2) is 8.26. The maximum Gasteiger partial charge on any atom is 0.330 e. The van der Waals surface area contributed by atoms with Gasteiger partial charge in [-0.3, -0.25) is 0 Å². The summed E-state index contributed by atoms with van der Waals surface area (Å²) >= 11 is 0. The molecule has 0 spiro atoms. The van der Waals surface area contributed by atoms with Gasteiger partial charge >= 0.3 is 5.97 Å². The molecule has 0 aromatic heterocycles. The second-order valence-corrected chi connectivity index (χ2v) is 8.47. The van der Waals surface area contributed by atoms with E-state index in [4.69, 9.17) is 4.74 Å². The highest BCUT2D eigenvalue weighted by Crippen LogP contribution is 2.39. The van der Waals surface area contributed by atoms with E-state index < -0.39 is 34.4 Å². The first-order valence-electron chi connectivity index (χ1n) is 8.91. The minimum absolute atomic E-state index is 0.179. The fourth-order valence-electron chi connectivity index (χ4n) is 3.24. The molecule has 6 nitrogen and oxygen atoms in total. The number of hydrogen-bond acceptors (Lipinski definition) is 5. The Hall–Kier alpha value is -2.48. The third kappa shape index (κ3) is 4.01. The molecular weight excluding hydrogens is 378 g/mol. The molecule has 148 valence electrons. The number of methoxy groups -OCH3 is 1. The molecule has 2 aromatic carbocycles. The predicted octanol–water partition coefficient (Wildman–Crippen LogP) is 3.20. The maximum absolute atomic E-state index is 13.4. The molecule has 1 saturated heterocycles. The molecule has 0 aliphatic carbocycles. The number of esters is 1. The Balaban J connectivity index is 2.01. The molecule has 0 radical (unpaired) electrons. The predicted molar refractivity (Wildman–Crippen MR) is 105 cm³/mol. The summed E-state index contributed by atoms with van der Waals surface area (Å²) in [5, 5.41) is 0. The molecule has 7 heteroatoms. The second-order valence-electron chi connectivity index (χ2n) is 6.63. The Bertz CT molecular complexity index is 954. The Labute approximate surface area is 165 Å². The van der Waals surface area contributed by atoms with Crippen molar-refractivity contribution in [2.75, 3.05) is 7.11 Å². The molecule has 3 rings (SSSR count). The number of carbonyl (C=O) groups is 1. The van der Waals surface area contributed by atoms with E-state index in [9.17, 15) is 13.2 Å². The number of carbonyl (C=O) groups excluding carboxylic acids is 1. The monoisotopic (exact) mass is 401 g/mol. The van der Waals surface area contributed by atoms with Crippen LogP contribution in [0.15, 0.2) is 71.6 Å². The fraction of sp³-hybridized carbons (Fsp3) is 0.286. The van der Waals surface area contributed by atoms with Crippen LogP contribution in [0.5, 0.6) is 0 Å². The molecule has 2 aromatic rings. The van der Waals surface area contributed by atoms with Crippen LogP contribution in [-0.2, 0) is 24.3 Å². The van der Waals surface area contributed by atoms with Crippen molar-refractivity contribution in [2.24, 2.45) is 0 Å². The van der Waals surface area contributed by atoms with Crippen molar-refractivity contribution in [1.82, 2.24) is 4.31 Å². The van der Waals surface area contributed by atoms with Crippen LogP contribution in [0.3, 0.4) is 0 Å². The molecular formula is C21H23NO5S. The smallest absolute Gasteiger partial charge is 0.330 e. The molecule has 28 heavy (non-hydrogen) atoms. The van der Waals surface area contributed by atoms with Gasteiger partial charge in [-0.05, 0) is 37.6 Å². The molecule has 1 heterocycles. The average molecular weight is 401 g/mol. The molecule has 0 N–H and O–H groups in total. The first kappa shape index (κ1) is 20.3. The Kier molecular flexibility index (Phi) is 5.98. The quantitative estimate of drug-likeness (QED) is 0.568. The Morgan fingerprint density at radius 1 is 1.11 bits per heavy atom. The summed E-state index contributed by atoms with van der Waals surface area (Å²) < 4.78 is 38.7. The molecule has 1 aliphatic rings. The van der Waals surface area contributed by atoms with Gasteiger partial charge in [0.15, 0.2) is 0 Å². The first-order chi connectivity index (χ1) is 13.3. The van der Waals surface area contributed by atoms with Gasteiger partial charge in [0.2, 0.25) is 10.0 Å². The van der Waals surface area contributed by atoms with Gasteiger partial charge in [-0.1, -0.05) is 48.0 Å². The number of nitrogens with zero attached hydrogens (tertiary/aromatic N) is 1. The zero-order valence-corrected chi connectivity index (χ0v) is 16.8. The van der Waals surface area contributed by atoms with Crippen LogP contribution < -0.4 is 0 Å². The minimum atomic E-state index is -3.84. The largest absolute Gasteiger partial charge is 0.466 e. The van der Waals surface area contributed by atoms with Crippen molar-refractivity contribution < 1.29 is 22.7 Å². The van der Waals surface area contributed by atoms with E-state index in [1.165, 1.54) is 23.6 Å². The highest BCUT2D eigenvalue weighted by Gasteiger charge is 2.46. The number of ether oxygens (including phenoxy) is 2. The topological polar surface area (TPSA) is 72.9 Å². The third-order valence-electron chi connectivity index (χ3n) is 4.70. The summed E-state index contributed by atoms with van der Waals surface area (Å²) in [6, 6.07) is 15.6. The van der Waals surface area contributed by atoms with Crippen molar-refractivity contribution in [3.63, 3.8) is 0 Å². The van der Waals surface area contributed by atoms with Crippen LogP contribution in [0.1, 0.15) is 24.2 Å². The van der Waals surface area contributed by atoms with Crippen LogP contribution in [0, 0.1) is 6.92 Å². The summed E-state index contributed by atoms with van der Waals surface area (Å²) in [5.74, 6) is -0.577. The Morgan fingerprint density at radius 2 is 1.75 bits per heavy atom. The number of hydrogen-bond donors (Lipinski definition) is 0. The Morgan fingerprint density at radius 3 is 2.36 bits per heavy atom. The first-order valence-corrected chi connectivity index (χ1v) is 10.4. The van der Waals surface area contributed by atoms with Crippen molar-refractivity contribution in [3.05, 3.63) is 77.9 Å². The number of benzene rings is 2. The van der Waals surface area contributed by atoms with Gasteiger partial charge in [-0.2, -0.15) is 4.31 Å².